The number of benzene rings is 3. The molecule has 2 aliphatic carbocycles. The summed E-state index contributed by atoms with van der Waals surface area (Å²) in [7, 11) is -3.26. The van der Waals surface area contributed by atoms with Crippen LogP contribution in [0.1, 0.15) is 41.9 Å². The highest BCUT2D eigenvalue weighted by Crippen LogP contribution is 2.70. The number of aryl methyl sites for hydroxylation is 1. The smallest absolute Gasteiger partial charge is 0.217 e. The van der Waals surface area contributed by atoms with Gasteiger partial charge in [0.25, 0.3) is 0 Å². The van der Waals surface area contributed by atoms with E-state index in [1.807, 2.05) is 16.9 Å². The van der Waals surface area contributed by atoms with E-state index in [-0.39, 0.29) is 22.4 Å². The van der Waals surface area contributed by atoms with E-state index < -0.39 is 10.0 Å². The largest absolute Gasteiger partial charge is 0.233 e. The van der Waals surface area contributed by atoms with Gasteiger partial charge in [-0.15, -0.1) is 0 Å². The SMILES string of the molecule is Cc1cc2c(cnn2-c2ccc(F)cc2)cc1[C@@]12CN(S(=O)(=O)C3CCC3)C[C@@H]1[C@H]2c1ccccc1. The van der Waals surface area contributed by atoms with E-state index >= 15 is 0 Å². The van der Waals surface area contributed by atoms with Crippen LogP contribution in [0, 0.1) is 18.7 Å². The normalized spacial score (nSPS) is 26.2. The van der Waals surface area contributed by atoms with Crippen molar-refractivity contribution in [1.82, 2.24) is 14.1 Å². The summed E-state index contributed by atoms with van der Waals surface area (Å²) in [4.78, 5) is 0. The fourth-order valence-corrected chi connectivity index (χ4v) is 8.87. The van der Waals surface area contributed by atoms with Crippen molar-refractivity contribution in [2.45, 2.75) is 42.8 Å². The van der Waals surface area contributed by atoms with E-state index in [1.165, 1.54) is 23.3 Å². The van der Waals surface area contributed by atoms with Gasteiger partial charge in [0, 0.05) is 29.8 Å². The molecule has 0 bridgehead atoms. The first-order valence-corrected chi connectivity index (χ1v) is 14.2. The van der Waals surface area contributed by atoms with Crippen molar-refractivity contribution in [3.63, 3.8) is 0 Å². The zero-order valence-electron chi connectivity index (χ0n) is 20.1. The van der Waals surface area contributed by atoms with Crippen LogP contribution in [-0.4, -0.2) is 40.8 Å². The summed E-state index contributed by atoms with van der Waals surface area (Å²) in [6.45, 7) is 3.24. The lowest BCUT2D eigenvalue weighted by Crippen LogP contribution is -2.43. The van der Waals surface area contributed by atoms with E-state index in [0.29, 0.717) is 19.0 Å². The molecule has 0 spiro atoms. The first-order valence-electron chi connectivity index (χ1n) is 12.7. The van der Waals surface area contributed by atoms with E-state index in [4.69, 9.17) is 0 Å². The highest BCUT2D eigenvalue weighted by Gasteiger charge is 2.71. The van der Waals surface area contributed by atoms with Crippen LogP contribution in [0.15, 0.2) is 72.9 Å². The molecule has 0 N–H and O–H groups in total. The van der Waals surface area contributed by atoms with Crippen molar-refractivity contribution in [3.05, 3.63) is 95.4 Å². The molecule has 184 valence electrons. The Morgan fingerprint density at radius 1 is 1.03 bits per heavy atom. The molecule has 4 aromatic rings. The third kappa shape index (κ3) is 3.08. The number of hydrogen-bond donors (Lipinski definition) is 0. The van der Waals surface area contributed by atoms with E-state index in [9.17, 15) is 12.8 Å². The summed E-state index contributed by atoms with van der Waals surface area (Å²) in [6.07, 6.45) is 4.43. The van der Waals surface area contributed by atoms with E-state index in [0.717, 1.165) is 41.4 Å². The van der Waals surface area contributed by atoms with E-state index in [2.05, 4.69) is 48.4 Å². The Bertz CT molecular complexity index is 1580. The van der Waals surface area contributed by atoms with Gasteiger partial charge in [-0.1, -0.05) is 36.8 Å². The molecular formula is C29H28FN3O2S. The van der Waals surface area contributed by atoms with Crippen LogP contribution >= 0.6 is 0 Å². The summed E-state index contributed by atoms with van der Waals surface area (Å²) in [6, 6.07) is 21.2. The number of halogens is 1. The Morgan fingerprint density at radius 3 is 2.47 bits per heavy atom. The molecule has 3 aliphatic rings. The van der Waals surface area contributed by atoms with Crippen molar-refractivity contribution in [1.29, 1.82) is 0 Å². The van der Waals surface area contributed by atoms with Gasteiger partial charge in [-0.25, -0.2) is 21.8 Å². The molecule has 3 aromatic carbocycles. The molecule has 3 atom stereocenters. The van der Waals surface area contributed by atoms with E-state index in [1.54, 1.807) is 16.4 Å². The molecular weight excluding hydrogens is 473 g/mol. The van der Waals surface area contributed by atoms with Gasteiger partial charge >= 0.3 is 0 Å². The van der Waals surface area contributed by atoms with Crippen molar-refractivity contribution in [2.75, 3.05) is 13.1 Å². The Hall–Kier alpha value is -3.03. The van der Waals surface area contributed by atoms with Crippen LogP contribution in [0.25, 0.3) is 16.6 Å². The summed E-state index contributed by atoms with van der Waals surface area (Å²) >= 11 is 0. The molecule has 2 heterocycles. The van der Waals surface area contributed by atoms with Gasteiger partial charge in [0.05, 0.1) is 22.7 Å². The average molecular weight is 502 g/mol. The van der Waals surface area contributed by atoms with Gasteiger partial charge in [-0.05, 0) is 78.8 Å². The lowest BCUT2D eigenvalue weighted by molar-refractivity contribution is 0.387. The monoisotopic (exact) mass is 501 g/mol. The highest BCUT2D eigenvalue weighted by molar-refractivity contribution is 7.89. The second-order valence-electron chi connectivity index (χ2n) is 10.7. The van der Waals surface area contributed by atoms with Crippen molar-refractivity contribution in [2.24, 2.45) is 5.92 Å². The predicted octanol–water partition coefficient (Wildman–Crippen LogP) is 5.32. The maximum absolute atomic E-state index is 13.5. The first kappa shape index (κ1) is 22.2. The Balaban J connectivity index is 1.32. The van der Waals surface area contributed by atoms with Crippen LogP contribution in [-0.2, 0) is 15.4 Å². The van der Waals surface area contributed by atoms with Gasteiger partial charge in [-0.3, -0.25) is 0 Å². The lowest BCUT2D eigenvalue weighted by Gasteiger charge is -2.32. The number of aromatic nitrogens is 2. The zero-order valence-corrected chi connectivity index (χ0v) is 21.0. The third-order valence-corrected chi connectivity index (χ3v) is 11.1. The maximum atomic E-state index is 13.5. The molecule has 0 radical (unpaired) electrons. The fraction of sp³-hybridized carbons (Fsp3) is 0.345. The Labute approximate surface area is 210 Å². The molecule has 3 fully saturated rings. The predicted molar refractivity (Wildman–Crippen MR) is 138 cm³/mol. The van der Waals surface area contributed by atoms with Gasteiger partial charge in [0.2, 0.25) is 10.0 Å². The molecule has 1 aliphatic heterocycles. The van der Waals surface area contributed by atoms with Crippen LogP contribution < -0.4 is 0 Å². The van der Waals surface area contributed by atoms with Gasteiger partial charge in [0.15, 0.2) is 0 Å². The molecule has 0 amide bonds. The maximum Gasteiger partial charge on any atom is 0.217 e. The number of piperidine rings is 1. The topological polar surface area (TPSA) is 55.2 Å². The number of rotatable bonds is 5. The van der Waals surface area contributed by atoms with Gasteiger partial charge in [-0.2, -0.15) is 5.10 Å². The molecule has 5 nitrogen and oxygen atoms in total. The highest BCUT2D eigenvalue weighted by atomic mass is 32.2. The van der Waals surface area contributed by atoms with Crippen molar-refractivity contribution < 1.29 is 12.8 Å². The average Bonchev–Trinajstić information content (AvgIpc) is 3.10. The molecule has 36 heavy (non-hydrogen) atoms. The van der Waals surface area contributed by atoms with Crippen LogP contribution in [0.5, 0.6) is 0 Å². The number of sulfonamides is 1. The van der Waals surface area contributed by atoms with Crippen LogP contribution in [0.3, 0.4) is 0 Å². The summed E-state index contributed by atoms with van der Waals surface area (Å²) in [5, 5.41) is 5.40. The number of nitrogens with zero attached hydrogens (tertiary/aromatic N) is 3. The first-order chi connectivity index (χ1) is 17.4. The minimum absolute atomic E-state index is 0.209. The molecule has 1 saturated heterocycles. The molecule has 1 aromatic heterocycles. The Kier molecular flexibility index (Phi) is 4.77. The van der Waals surface area contributed by atoms with Crippen molar-refractivity contribution >= 4 is 20.9 Å². The standard InChI is InChI=1S/C29H28FN3O2S/c1-19-14-27-21(16-31-33(27)23-12-10-22(30)11-13-23)15-25(19)29-18-32(36(34,35)24-8-5-9-24)17-26(29)28(29)20-6-3-2-4-7-20/h2-4,6-7,10-16,24,26,28H,5,8-9,17-18H2,1H3/t26-,28-,29+/m1/s1. The molecule has 2 saturated carbocycles. The summed E-state index contributed by atoms with van der Waals surface area (Å²) < 4.78 is 43.8. The lowest BCUT2D eigenvalue weighted by atomic mass is 9.87. The van der Waals surface area contributed by atoms with Crippen LogP contribution in [0.2, 0.25) is 0 Å². The summed E-state index contributed by atoms with van der Waals surface area (Å²) in [5.74, 6) is 0.287. The molecule has 0 unspecified atom stereocenters. The number of fused-ring (bicyclic) bond motifs is 2. The molecule has 7 rings (SSSR count). The second-order valence-corrected chi connectivity index (χ2v) is 12.9. The van der Waals surface area contributed by atoms with Crippen LogP contribution in [0.4, 0.5) is 4.39 Å². The minimum atomic E-state index is -3.26. The fourth-order valence-electron chi connectivity index (χ4n) is 6.76. The third-order valence-electron chi connectivity index (χ3n) is 8.83. The van der Waals surface area contributed by atoms with Crippen molar-refractivity contribution in [3.8, 4) is 5.69 Å². The Morgan fingerprint density at radius 2 is 1.78 bits per heavy atom. The molecule has 7 heteroatoms. The summed E-state index contributed by atoms with van der Waals surface area (Å²) in [5.41, 5.74) is 5.18. The van der Waals surface area contributed by atoms with Gasteiger partial charge in [0.1, 0.15) is 5.82 Å². The second kappa shape index (κ2) is 7.73. The minimum Gasteiger partial charge on any atom is -0.233 e. The quantitative estimate of drug-likeness (QED) is 0.372. The van der Waals surface area contributed by atoms with Gasteiger partial charge < -0.3 is 0 Å². The zero-order chi connectivity index (χ0) is 24.7. The number of hydrogen-bond acceptors (Lipinski definition) is 3.